The maximum atomic E-state index is 12.5. The van der Waals surface area contributed by atoms with Crippen LogP contribution in [0.3, 0.4) is 0 Å². The topological polar surface area (TPSA) is 89.7 Å². The summed E-state index contributed by atoms with van der Waals surface area (Å²) >= 11 is 9.13. The van der Waals surface area contributed by atoms with Gasteiger partial charge in [-0.15, -0.1) is 0 Å². The lowest BCUT2D eigenvalue weighted by Crippen LogP contribution is -2.31. The Morgan fingerprint density at radius 1 is 1.28 bits per heavy atom. The lowest BCUT2D eigenvalue weighted by molar-refractivity contribution is 0.0772. The second kappa shape index (κ2) is 8.18. The van der Waals surface area contributed by atoms with E-state index in [0.717, 1.165) is 0 Å². The van der Waals surface area contributed by atoms with Crippen LogP contribution in [0.1, 0.15) is 10.4 Å². The number of nitrogens with two attached hydrogens (primary N) is 1. The molecule has 1 amide bonds. The van der Waals surface area contributed by atoms with Crippen LogP contribution in [0, 0.1) is 0 Å². The zero-order chi connectivity index (χ0) is 18.6. The van der Waals surface area contributed by atoms with Crippen molar-refractivity contribution in [1.82, 2.24) is 4.90 Å². The minimum absolute atomic E-state index is 0.123. The zero-order valence-corrected chi connectivity index (χ0v) is 16.4. The molecule has 25 heavy (non-hydrogen) atoms. The van der Waals surface area contributed by atoms with E-state index in [1.54, 1.807) is 31.3 Å². The van der Waals surface area contributed by atoms with Crippen LogP contribution in [0.4, 0.5) is 0 Å². The molecule has 0 spiro atoms. The number of carbonyl (C=O) groups is 1. The number of primary sulfonamides is 1. The number of likely N-dealkylation sites (N-methyl/N-ethyl adjacent to an activating group) is 1. The quantitative estimate of drug-likeness (QED) is 0.737. The lowest BCUT2D eigenvalue weighted by atomic mass is 10.2. The van der Waals surface area contributed by atoms with E-state index in [4.69, 9.17) is 21.5 Å². The summed E-state index contributed by atoms with van der Waals surface area (Å²) in [6, 6.07) is 11.0. The maximum Gasteiger partial charge on any atom is 0.254 e. The number of sulfonamides is 1. The van der Waals surface area contributed by atoms with Gasteiger partial charge in [-0.05, 0) is 52.3 Å². The molecular formula is C16H16BrClN2O4S. The molecule has 0 radical (unpaired) electrons. The van der Waals surface area contributed by atoms with Crippen LogP contribution in [0.15, 0.2) is 51.8 Å². The smallest absolute Gasteiger partial charge is 0.254 e. The van der Waals surface area contributed by atoms with E-state index in [-0.39, 0.29) is 23.0 Å². The largest absolute Gasteiger partial charge is 0.492 e. The summed E-state index contributed by atoms with van der Waals surface area (Å²) in [7, 11) is -2.29. The number of hydrogen-bond donors (Lipinski definition) is 1. The Bertz CT molecular complexity index is 889. The molecule has 0 bridgehead atoms. The van der Waals surface area contributed by atoms with Crippen LogP contribution in [-0.2, 0) is 10.0 Å². The van der Waals surface area contributed by atoms with Gasteiger partial charge in [-0.25, -0.2) is 13.6 Å². The van der Waals surface area contributed by atoms with Crippen molar-refractivity contribution in [3.8, 4) is 5.75 Å². The monoisotopic (exact) mass is 446 g/mol. The van der Waals surface area contributed by atoms with Gasteiger partial charge in [0.2, 0.25) is 10.0 Å². The Labute approximate surface area is 159 Å². The van der Waals surface area contributed by atoms with E-state index in [2.05, 4.69) is 15.9 Å². The van der Waals surface area contributed by atoms with E-state index < -0.39 is 10.0 Å². The van der Waals surface area contributed by atoms with Crippen molar-refractivity contribution >= 4 is 43.5 Å². The highest BCUT2D eigenvalue weighted by Gasteiger charge is 2.18. The van der Waals surface area contributed by atoms with Gasteiger partial charge in [0.15, 0.2) is 0 Å². The van der Waals surface area contributed by atoms with Gasteiger partial charge in [-0.2, -0.15) is 0 Å². The highest BCUT2D eigenvalue weighted by atomic mass is 79.9. The Kier molecular flexibility index (Phi) is 6.45. The minimum atomic E-state index is -3.89. The highest BCUT2D eigenvalue weighted by molar-refractivity contribution is 9.10. The molecule has 0 atom stereocenters. The number of amides is 1. The van der Waals surface area contributed by atoms with Gasteiger partial charge in [0.25, 0.3) is 5.91 Å². The van der Waals surface area contributed by atoms with Crippen molar-refractivity contribution < 1.29 is 17.9 Å². The fourth-order valence-corrected chi connectivity index (χ4v) is 3.15. The number of nitrogens with zero attached hydrogens (tertiary/aromatic N) is 1. The second-order valence-electron chi connectivity index (χ2n) is 5.22. The molecule has 2 N–H and O–H groups in total. The standard InChI is InChI=1S/C16H16BrClN2O4S/c1-20(7-8-24-12-4-2-3-11(18)9-12)16(21)14-10-13(25(19,22)23)5-6-15(14)17/h2-6,9-10H,7-8H2,1H3,(H2,19,22,23). The van der Waals surface area contributed by atoms with Crippen LogP contribution in [0.25, 0.3) is 0 Å². The van der Waals surface area contributed by atoms with Crippen molar-refractivity contribution in [3.63, 3.8) is 0 Å². The van der Waals surface area contributed by atoms with E-state index in [0.29, 0.717) is 21.8 Å². The summed E-state index contributed by atoms with van der Waals surface area (Å²) < 4.78 is 28.9. The fraction of sp³-hybridized carbons (Fsp3) is 0.188. The van der Waals surface area contributed by atoms with E-state index in [1.165, 1.54) is 23.1 Å². The predicted molar refractivity (Wildman–Crippen MR) is 99.4 cm³/mol. The van der Waals surface area contributed by atoms with Crippen LogP contribution >= 0.6 is 27.5 Å². The van der Waals surface area contributed by atoms with Gasteiger partial charge in [0, 0.05) is 16.5 Å². The average Bonchev–Trinajstić information content (AvgIpc) is 2.53. The first-order valence-electron chi connectivity index (χ1n) is 7.14. The summed E-state index contributed by atoms with van der Waals surface area (Å²) in [5, 5.41) is 5.67. The van der Waals surface area contributed by atoms with Crippen LogP contribution in [0.5, 0.6) is 5.75 Å². The van der Waals surface area contributed by atoms with Crippen molar-refractivity contribution in [2.45, 2.75) is 4.90 Å². The second-order valence-corrected chi connectivity index (χ2v) is 8.07. The van der Waals surface area contributed by atoms with E-state index in [1.807, 2.05) is 0 Å². The Hall–Kier alpha value is -1.61. The molecule has 0 unspecified atom stereocenters. The first-order chi connectivity index (χ1) is 11.7. The molecule has 6 nitrogen and oxygen atoms in total. The molecule has 9 heteroatoms. The molecule has 0 saturated carbocycles. The summed E-state index contributed by atoms with van der Waals surface area (Å²) in [6.07, 6.45) is 0. The van der Waals surface area contributed by atoms with Gasteiger partial charge < -0.3 is 9.64 Å². The molecule has 0 aliphatic rings. The molecule has 2 rings (SSSR count). The Morgan fingerprint density at radius 3 is 2.64 bits per heavy atom. The van der Waals surface area contributed by atoms with Gasteiger partial charge in [0.1, 0.15) is 12.4 Å². The summed E-state index contributed by atoms with van der Waals surface area (Å²) in [4.78, 5) is 13.8. The van der Waals surface area contributed by atoms with E-state index in [9.17, 15) is 13.2 Å². The molecule has 2 aromatic carbocycles. The number of ether oxygens (including phenoxy) is 1. The molecule has 0 aliphatic carbocycles. The maximum absolute atomic E-state index is 12.5. The SMILES string of the molecule is CN(CCOc1cccc(Cl)c1)C(=O)c1cc(S(N)(=O)=O)ccc1Br. The number of benzene rings is 2. The van der Waals surface area contributed by atoms with Crippen molar-refractivity contribution in [1.29, 1.82) is 0 Å². The highest BCUT2D eigenvalue weighted by Crippen LogP contribution is 2.22. The number of halogens is 2. The first kappa shape index (κ1) is 19.7. The zero-order valence-electron chi connectivity index (χ0n) is 13.3. The first-order valence-corrected chi connectivity index (χ1v) is 9.86. The summed E-state index contributed by atoms with van der Waals surface area (Å²) in [5.74, 6) is 0.248. The minimum Gasteiger partial charge on any atom is -0.492 e. The number of carbonyl (C=O) groups excluding carboxylic acids is 1. The Balaban J connectivity index is 2.04. The average molecular weight is 448 g/mol. The summed E-state index contributed by atoms with van der Waals surface area (Å²) in [5.41, 5.74) is 0.205. The normalized spacial score (nSPS) is 11.2. The molecule has 134 valence electrons. The molecule has 0 aromatic heterocycles. The van der Waals surface area contributed by atoms with Crippen LogP contribution in [-0.4, -0.2) is 39.4 Å². The van der Waals surface area contributed by atoms with Crippen molar-refractivity contribution in [2.75, 3.05) is 20.2 Å². The molecule has 0 saturated heterocycles. The van der Waals surface area contributed by atoms with Crippen molar-refractivity contribution in [3.05, 3.63) is 57.5 Å². The van der Waals surface area contributed by atoms with E-state index >= 15 is 0 Å². The molecular weight excluding hydrogens is 432 g/mol. The number of hydrogen-bond acceptors (Lipinski definition) is 4. The van der Waals surface area contributed by atoms with Gasteiger partial charge in [0.05, 0.1) is 17.0 Å². The molecule has 0 aliphatic heterocycles. The Morgan fingerprint density at radius 2 is 2.00 bits per heavy atom. The fourth-order valence-electron chi connectivity index (χ4n) is 2.01. The third kappa shape index (κ3) is 5.43. The third-order valence-electron chi connectivity index (χ3n) is 3.33. The van der Waals surface area contributed by atoms with Gasteiger partial charge >= 0.3 is 0 Å². The molecule has 0 fully saturated rings. The van der Waals surface area contributed by atoms with Crippen LogP contribution in [0.2, 0.25) is 5.02 Å². The summed E-state index contributed by atoms with van der Waals surface area (Å²) in [6.45, 7) is 0.562. The molecule has 2 aromatic rings. The third-order valence-corrected chi connectivity index (χ3v) is 5.17. The van der Waals surface area contributed by atoms with Gasteiger partial charge in [-0.3, -0.25) is 4.79 Å². The number of rotatable bonds is 6. The lowest BCUT2D eigenvalue weighted by Gasteiger charge is -2.18. The van der Waals surface area contributed by atoms with Crippen LogP contribution < -0.4 is 9.88 Å². The molecule has 0 heterocycles. The predicted octanol–water partition coefficient (Wildman–Crippen LogP) is 2.90. The van der Waals surface area contributed by atoms with Crippen molar-refractivity contribution in [2.24, 2.45) is 5.14 Å². The van der Waals surface area contributed by atoms with Gasteiger partial charge in [-0.1, -0.05) is 17.7 Å².